The molecule has 0 atom stereocenters. The highest BCUT2D eigenvalue weighted by Gasteiger charge is 2.13. The number of amides is 1. The summed E-state index contributed by atoms with van der Waals surface area (Å²) in [7, 11) is 1.75. The molecule has 0 saturated carbocycles. The van der Waals surface area contributed by atoms with E-state index in [2.05, 4.69) is 20.9 Å². The third-order valence-corrected chi connectivity index (χ3v) is 4.25. The van der Waals surface area contributed by atoms with Gasteiger partial charge in [-0.3, -0.25) is 4.79 Å². The van der Waals surface area contributed by atoms with Crippen LogP contribution in [0.1, 0.15) is 16.1 Å². The van der Waals surface area contributed by atoms with Crippen molar-refractivity contribution >= 4 is 44.8 Å². The second kappa shape index (κ2) is 5.82. The number of nitrogens with zero attached hydrogens (tertiary/aromatic N) is 2. The Morgan fingerprint density at radius 2 is 2.33 bits per heavy atom. The molecule has 1 amide bonds. The standard InChI is InChI=1S/C12H10BrClN2OS/c1-16(5-9-6-18-7-15-9)12(17)8-2-3-11(14)10(13)4-8/h2-4,6-7H,5H2,1H3. The first-order chi connectivity index (χ1) is 8.58. The minimum Gasteiger partial charge on any atom is -0.336 e. The van der Waals surface area contributed by atoms with Gasteiger partial charge < -0.3 is 4.90 Å². The maximum absolute atomic E-state index is 12.2. The normalized spacial score (nSPS) is 10.4. The number of rotatable bonds is 3. The Bertz CT molecular complexity index is 559. The molecular weight excluding hydrogens is 336 g/mol. The Morgan fingerprint density at radius 3 is 2.94 bits per heavy atom. The molecule has 18 heavy (non-hydrogen) atoms. The first-order valence-corrected chi connectivity index (χ1v) is 7.27. The molecule has 6 heteroatoms. The molecular formula is C12H10BrClN2OS. The largest absolute Gasteiger partial charge is 0.336 e. The van der Waals surface area contributed by atoms with E-state index < -0.39 is 0 Å². The van der Waals surface area contributed by atoms with Crippen molar-refractivity contribution in [3.05, 3.63) is 49.8 Å². The van der Waals surface area contributed by atoms with Crippen molar-refractivity contribution in [2.45, 2.75) is 6.54 Å². The molecule has 2 aromatic rings. The van der Waals surface area contributed by atoms with Crippen molar-refractivity contribution < 1.29 is 4.79 Å². The van der Waals surface area contributed by atoms with Crippen LogP contribution in [-0.4, -0.2) is 22.8 Å². The van der Waals surface area contributed by atoms with Gasteiger partial charge in [-0.15, -0.1) is 11.3 Å². The molecule has 0 unspecified atom stereocenters. The Labute approximate surface area is 123 Å². The van der Waals surface area contributed by atoms with Crippen LogP contribution in [0.2, 0.25) is 5.02 Å². The van der Waals surface area contributed by atoms with Crippen molar-refractivity contribution in [3.63, 3.8) is 0 Å². The van der Waals surface area contributed by atoms with Crippen molar-refractivity contribution in [1.82, 2.24) is 9.88 Å². The zero-order valence-corrected chi connectivity index (χ0v) is 12.7. The van der Waals surface area contributed by atoms with Crippen LogP contribution >= 0.6 is 38.9 Å². The van der Waals surface area contributed by atoms with Crippen LogP contribution in [0, 0.1) is 0 Å². The number of carbonyl (C=O) groups is 1. The van der Waals surface area contributed by atoms with Gasteiger partial charge in [0.1, 0.15) is 0 Å². The minimum atomic E-state index is -0.0552. The van der Waals surface area contributed by atoms with Crippen LogP contribution in [0.3, 0.4) is 0 Å². The van der Waals surface area contributed by atoms with E-state index in [9.17, 15) is 4.79 Å². The Balaban J connectivity index is 2.12. The topological polar surface area (TPSA) is 33.2 Å². The molecule has 0 aliphatic heterocycles. The fourth-order valence-electron chi connectivity index (χ4n) is 1.48. The van der Waals surface area contributed by atoms with E-state index in [0.717, 1.165) is 10.2 Å². The van der Waals surface area contributed by atoms with Gasteiger partial charge >= 0.3 is 0 Å². The number of hydrogen-bond acceptors (Lipinski definition) is 3. The second-order valence-electron chi connectivity index (χ2n) is 3.77. The van der Waals surface area contributed by atoms with Gasteiger partial charge in [0, 0.05) is 22.5 Å². The minimum absolute atomic E-state index is 0.0552. The SMILES string of the molecule is CN(Cc1cscn1)C(=O)c1ccc(Cl)c(Br)c1. The van der Waals surface area contributed by atoms with Crippen molar-refractivity contribution in [2.75, 3.05) is 7.05 Å². The molecule has 1 aromatic carbocycles. The number of thiazole rings is 1. The molecule has 1 heterocycles. The molecule has 0 radical (unpaired) electrons. The monoisotopic (exact) mass is 344 g/mol. The molecule has 1 aromatic heterocycles. The number of aromatic nitrogens is 1. The highest BCUT2D eigenvalue weighted by molar-refractivity contribution is 9.10. The quantitative estimate of drug-likeness (QED) is 0.847. The summed E-state index contributed by atoms with van der Waals surface area (Å²) < 4.78 is 0.720. The molecule has 0 aliphatic carbocycles. The summed E-state index contributed by atoms with van der Waals surface area (Å²) in [6.45, 7) is 0.503. The lowest BCUT2D eigenvalue weighted by atomic mass is 10.2. The predicted molar refractivity (Wildman–Crippen MR) is 77.1 cm³/mol. The summed E-state index contributed by atoms with van der Waals surface area (Å²) >= 11 is 10.7. The Hall–Kier alpha value is -0.910. The predicted octanol–water partition coefficient (Wildman–Crippen LogP) is 3.83. The third-order valence-electron chi connectivity index (χ3n) is 2.40. The van der Waals surface area contributed by atoms with E-state index in [4.69, 9.17) is 11.6 Å². The van der Waals surface area contributed by atoms with Crippen LogP contribution < -0.4 is 0 Å². The summed E-state index contributed by atoms with van der Waals surface area (Å²) in [4.78, 5) is 18.0. The Morgan fingerprint density at radius 1 is 1.56 bits per heavy atom. The van der Waals surface area contributed by atoms with E-state index in [1.807, 2.05) is 5.38 Å². The highest BCUT2D eigenvalue weighted by atomic mass is 79.9. The zero-order chi connectivity index (χ0) is 13.1. The van der Waals surface area contributed by atoms with E-state index in [-0.39, 0.29) is 5.91 Å². The molecule has 3 nitrogen and oxygen atoms in total. The molecule has 2 rings (SSSR count). The summed E-state index contributed by atoms with van der Waals surface area (Å²) in [6, 6.07) is 5.14. The van der Waals surface area contributed by atoms with Crippen molar-refractivity contribution in [2.24, 2.45) is 0 Å². The number of carbonyl (C=O) groups excluding carboxylic acids is 1. The van der Waals surface area contributed by atoms with Gasteiger partial charge in [-0.1, -0.05) is 11.6 Å². The molecule has 94 valence electrons. The summed E-state index contributed by atoms with van der Waals surface area (Å²) in [5.41, 5.74) is 3.25. The first-order valence-electron chi connectivity index (χ1n) is 5.15. The van der Waals surface area contributed by atoms with Crippen LogP contribution in [0.4, 0.5) is 0 Å². The number of hydrogen-bond donors (Lipinski definition) is 0. The van der Waals surface area contributed by atoms with Crippen molar-refractivity contribution in [3.8, 4) is 0 Å². The lowest BCUT2D eigenvalue weighted by Gasteiger charge is -2.16. The lowest BCUT2D eigenvalue weighted by Crippen LogP contribution is -2.26. The summed E-state index contributed by atoms with van der Waals surface area (Å²) in [6.07, 6.45) is 0. The number of halogens is 2. The molecule has 0 N–H and O–H groups in total. The Kier molecular flexibility index (Phi) is 4.37. The molecule has 0 aliphatic rings. The zero-order valence-electron chi connectivity index (χ0n) is 9.56. The average molecular weight is 346 g/mol. The van der Waals surface area contributed by atoms with E-state index in [0.29, 0.717) is 17.1 Å². The van der Waals surface area contributed by atoms with Gasteiger partial charge in [0.2, 0.25) is 0 Å². The van der Waals surface area contributed by atoms with Gasteiger partial charge in [0.15, 0.2) is 0 Å². The molecule has 0 spiro atoms. The number of benzene rings is 1. The van der Waals surface area contributed by atoms with Crippen LogP contribution in [0.5, 0.6) is 0 Å². The van der Waals surface area contributed by atoms with Gasteiger partial charge in [-0.25, -0.2) is 4.98 Å². The van der Waals surface area contributed by atoms with E-state index in [1.54, 1.807) is 35.7 Å². The van der Waals surface area contributed by atoms with E-state index >= 15 is 0 Å². The maximum atomic E-state index is 12.2. The highest BCUT2D eigenvalue weighted by Crippen LogP contribution is 2.23. The fraction of sp³-hybridized carbons (Fsp3) is 0.167. The smallest absolute Gasteiger partial charge is 0.253 e. The lowest BCUT2D eigenvalue weighted by molar-refractivity contribution is 0.0783. The van der Waals surface area contributed by atoms with Crippen LogP contribution in [0.15, 0.2) is 33.6 Å². The summed E-state index contributed by atoms with van der Waals surface area (Å²) in [5, 5.41) is 2.52. The van der Waals surface area contributed by atoms with E-state index in [1.165, 1.54) is 11.3 Å². The van der Waals surface area contributed by atoms with Crippen molar-refractivity contribution in [1.29, 1.82) is 0 Å². The van der Waals surface area contributed by atoms with Gasteiger partial charge in [0.05, 0.1) is 22.8 Å². The third kappa shape index (κ3) is 3.10. The average Bonchev–Trinajstić information content (AvgIpc) is 2.84. The summed E-state index contributed by atoms with van der Waals surface area (Å²) in [5.74, 6) is -0.0552. The van der Waals surface area contributed by atoms with Crippen LogP contribution in [-0.2, 0) is 6.54 Å². The molecule has 0 bridgehead atoms. The van der Waals surface area contributed by atoms with Gasteiger partial charge in [0.25, 0.3) is 5.91 Å². The van der Waals surface area contributed by atoms with Crippen LogP contribution in [0.25, 0.3) is 0 Å². The second-order valence-corrected chi connectivity index (χ2v) is 5.75. The van der Waals surface area contributed by atoms with Gasteiger partial charge in [-0.05, 0) is 34.1 Å². The first kappa shape index (κ1) is 13.5. The maximum Gasteiger partial charge on any atom is 0.253 e. The molecule has 0 saturated heterocycles. The van der Waals surface area contributed by atoms with Gasteiger partial charge in [-0.2, -0.15) is 0 Å². The molecule has 0 fully saturated rings. The fourth-order valence-corrected chi connectivity index (χ4v) is 2.53.